The van der Waals surface area contributed by atoms with Crippen molar-refractivity contribution in [2.45, 2.75) is 19.4 Å². The molecule has 5 heteroatoms. The highest BCUT2D eigenvalue weighted by Crippen LogP contribution is 2.26. The molecule has 1 fully saturated rings. The van der Waals surface area contributed by atoms with E-state index in [2.05, 4.69) is 22.0 Å². The Hall–Kier alpha value is -2.82. The van der Waals surface area contributed by atoms with Gasteiger partial charge in [-0.15, -0.1) is 0 Å². The van der Waals surface area contributed by atoms with E-state index < -0.39 is 0 Å². The van der Waals surface area contributed by atoms with E-state index in [0.717, 1.165) is 53.4 Å². The summed E-state index contributed by atoms with van der Waals surface area (Å²) >= 11 is 0. The average molecular weight is 335 g/mol. The number of nitrogens with zero attached hydrogens (tertiary/aromatic N) is 3. The van der Waals surface area contributed by atoms with Gasteiger partial charge in [-0.1, -0.05) is 0 Å². The lowest BCUT2D eigenvalue weighted by atomic mass is 10.2. The van der Waals surface area contributed by atoms with Crippen LogP contribution >= 0.6 is 0 Å². The van der Waals surface area contributed by atoms with E-state index in [-0.39, 0.29) is 6.10 Å². The molecule has 3 aromatic rings. The van der Waals surface area contributed by atoms with Crippen LogP contribution in [0.4, 0.5) is 5.82 Å². The third-order valence-electron chi connectivity index (χ3n) is 4.52. The van der Waals surface area contributed by atoms with E-state index in [1.165, 1.54) is 0 Å². The van der Waals surface area contributed by atoms with Gasteiger partial charge in [-0.25, -0.2) is 4.98 Å². The number of hydrogen-bond donors (Lipinski definition) is 0. The van der Waals surface area contributed by atoms with Crippen molar-refractivity contribution in [1.29, 1.82) is 0 Å². The zero-order valence-electron chi connectivity index (χ0n) is 14.5. The van der Waals surface area contributed by atoms with Gasteiger partial charge in [0.05, 0.1) is 19.2 Å². The molecule has 0 aliphatic carbocycles. The van der Waals surface area contributed by atoms with Crippen molar-refractivity contribution in [3.05, 3.63) is 54.4 Å². The second kappa shape index (κ2) is 6.59. The Kier molecular flexibility index (Phi) is 4.14. The van der Waals surface area contributed by atoms with Crippen LogP contribution in [0, 0.1) is 6.92 Å². The van der Waals surface area contributed by atoms with Crippen LogP contribution in [-0.4, -0.2) is 36.3 Å². The predicted molar refractivity (Wildman–Crippen MR) is 98.5 cm³/mol. The SMILES string of the molecule is COc1ccc2ccc(N3CCC(Oc4ccnc(C)c4)C3)nc2c1. The van der Waals surface area contributed by atoms with Crippen molar-refractivity contribution in [1.82, 2.24) is 9.97 Å². The summed E-state index contributed by atoms with van der Waals surface area (Å²) in [6, 6.07) is 14.0. The van der Waals surface area contributed by atoms with Crippen LogP contribution in [0.5, 0.6) is 11.5 Å². The summed E-state index contributed by atoms with van der Waals surface area (Å²) in [5.41, 5.74) is 1.92. The number of anilines is 1. The molecule has 1 unspecified atom stereocenters. The van der Waals surface area contributed by atoms with Gasteiger partial charge in [-0.3, -0.25) is 4.98 Å². The lowest BCUT2D eigenvalue weighted by Gasteiger charge is -2.18. The van der Waals surface area contributed by atoms with Crippen molar-refractivity contribution in [3.63, 3.8) is 0 Å². The van der Waals surface area contributed by atoms with Crippen LogP contribution in [0.1, 0.15) is 12.1 Å². The molecule has 1 aliphatic rings. The molecular formula is C20H21N3O2. The van der Waals surface area contributed by atoms with Crippen LogP contribution in [0.15, 0.2) is 48.7 Å². The average Bonchev–Trinajstić information content (AvgIpc) is 3.09. The minimum Gasteiger partial charge on any atom is -0.497 e. The van der Waals surface area contributed by atoms with Crippen LogP contribution < -0.4 is 14.4 Å². The highest BCUT2D eigenvalue weighted by molar-refractivity contribution is 5.81. The van der Waals surface area contributed by atoms with Gasteiger partial charge in [0, 0.05) is 42.4 Å². The quantitative estimate of drug-likeness (QED) is 0.729. The van der Waals surface area contributed by atoms with Crippen molar-refractivity contribution < 1.29 is 9.47 Å². The lowest BCUT2D eigenvalue weighted by Crippen LogP contribution is -2.25. The molecule has 0 N–H and O–H groups in total. The minimum absolute atomic E-state index is 0.171. The van der Waals surface area contributed by atoms with Crippen LogP contribution in [0.25, 0.3) is 10.9 Å². The summed E-state index contributed by atoms with van der Waals surface area (Å²) in [5.74, 6) is 2.70. The maximum Gasteiger partial charge on any atom is 0.129 e. The van der Waals surface area contributed by atoms with E-state index >= 15 is 0 Å². The molecule has 2 aromatic heterocycles. The number of rotatable bonds is 4. The lowest BCUT2D eigenvalue weighted by molar-refractivity contribution is 0.224. The zero-order valence-corrected chi connectivity index (χ0v) is 14.5. The summed E-state index contributed by atoms with van der Waals surface area (Å²) in [6.45, 7) is 3.75. The summed E-state index contributed by atoms with van der Waals surface area (Å²) < 4.78 is 11.4. The van der Waals surface area contributed by atoms with Crippen molar-refractivity contribution in [3.8, 4) is 11.5 Å². The molecule has 4 rings (SSSR count). The summed E-state index contributed by atoms with van der Waals surface area (Å²) in [7, 11) is 1.67. The molecule has 128 valence electrons. The highest BCUT2D eigenvalue weighted by atomic mass is 16.5. The van der Waals surface area contributed by atoms with Gasteiger partial charge in [-0.2, -0.15) is 0 Å². The fourth-order valence-corrected chi connectivity index (χ4v) is 3.21. The van der Waals surface area contributed by atoms with Crippen molar-refractivity contribution >= 4 is 16.7 Å². The van der Waals surface area contributed by atoms with E-state index in [1.54, 1.807) is 13.3 Å². The van der Waals surface area contributed by atoms with Gasteiger partial charge < -0.3 is 14.4 Å². The number of aromatic nitrogens is 2. The fraction of sp³-hybridized carbons (Fsp3) is 0.300. The van der Waals surface area contributed by atoms with Gasteiger partial charge in [-0.05, 0) is 37.3 Å². The molecule has 0 radical (unpaired) electrons. The Morgan fingerprint density at radius 2 is 1.96 bits per heavy atom. The van der Waals surface area contributed by atoms with Crippen LogP contribution in [-0.2, 0) is 0 Å². The summed E-state index contributed by atoms with van der Waals surface area (Å²) in [6.07, 6.45) is 2.94. The molecule has 1 aliphatic heterocycles. The van der Waals surface area contributed by atoms with Crippen molar-refractivity contribution in [2.24, 2.45) is 0 Å². The molecule has 0 saturated carbocycles. The Bertz CT molecular complexity index is 897. The first-order chi connectivity index (χ1) is 12.2. The molecule has 5 nitrogen and oxygen atoms in total. The third kappa shape index (κ3) is 3.36. The standard InChI is InChI=1S/C20H21N3O2/c1-14-11-17(7-9-21-14)25-18-8-10-23(13-18)20-6-4-15-3-5-16(24-2)12-19(15)22-20/h3-7,9,11-12,18H,8,10,13H2,1-2H3. The maximum atomic E-state index is 6.10. The Labute approximate surface area is 147 Å². The zero-order chi connectivity index (χ0) is 17.2. The van der Waals surface area contributed by atoms with Crippen LogP contribution in [0.3, 0.4) is 0 Å². The molecular weight excluding hydrogens is 314 g/mol. The molecule has 0 amide bonds. The Morgan fingerprint density at radius 3 is 2.80 bits per heavy atom. The van der Waals surface area contributed by atoms with Gasteiger partial charge in [0.25, 0.3) is 0 Å². The van der Waals surface area contributed by atoms with Crippen molar-refractivity contribution in [2.75, 3.05) is 25.1 Å². The number of fused-ring (bicyclic) bond motifs is 1. The topological polar surface area (TPSA) is 47.5 Å². The summed E-state index contributed by atoms with van der Waals surface area (Å²) in [4.78, 5) is 11.3. The molecule has 0 spiro atoms. The monoisotopic (exact) mass is 335 g/mol. The number of methoxy groups -OCH3 is 1. The molecule has 1 atom stereocenters. The summed E-state index contributed by atoms with van der Waals surface area (Å²) in [5, 5.41) is 1.11. The van der Waals surface area contributed by atoms with E-state index in [1.807, 2.05) is 37.3 Å². The first kappa shape index (κ1) is 15.7. The van der Waals surface area contributed by atoms with Gasteiger partial charge >= 0.3 is 0 Å². The Morgan fingerprint density at radius 1 is 1.08 bits per heavy atom. The second-order valence-electron chi connectivity index (χ2n) is 6.34. The van der Waals surface area contributed by atoms with E-state index in [4.69, 9.17) is 14.5 Å². The molecule has 0 bridgehead atoms. The van der Waals surface area contributed by atoms with Gasteiger partial charge in [0.2, 0.25) is 0 Å². The fourth-order valence-electron chi connectivity index (χ4n) is 3.21. The van der Waals surface area contributed by atoms with E-state index in [9.17, 15) is 0 Å². The maximum absolute atomic E-state index is 6.10. The third-order valence-corrected chi connectivity index (χ3v) is 4.52. The largest absolute Gasteiger partial charge is 0.497 e. The first-order valence-corrected chi connectivity index (χ1v) is 8.50. The minimum atomic E-state index is 0.171. The van der Waals surface area contributed by atoms with Gasteiger partial charge in [0.15, 0.2) is 0 Å². The normalized spacial score (nSPS) is 17.0. The smallest absolute Gasteiger partial charge is 0.129 e. The molecule has 3 heterocycles. The Balaban J connectivity index is 1.50. The van der Waals surface area contributed by atoms with Gasteiger partial charge in [0.1, 0.15) is 23.4 Å². The predicted octanol–water partition coefficient (Wildman–Crippen LogP) is 3.60. The molecule has 1 saturated heterocycles. The molecule has 25 heavy (non-hydrogen) atoms. The van der Waals surface area contributed by atoms with E-state index in [0.29, 0.717) is 0 Å². The molecule has 1 aromatic carbocycles. The van der Waals surface area contributed by atoms with Crippen LogP contribution in [0.2, 0.25) is 0 Å². The number of ether oxygens (including phenoxy) is 2. The number of benzene rings is 1. The second-order valence-corrected chi connectivity index (χ2v) is 6.34. The highest BCUT2D eigenvalue weighted by Gasteiger charge is 2.25. The number of aryl methyl sites for hydroxylation is 1. The number of hydrogen-bond acceptors (Lipinski definition) is 5. The number of pyridine rings is 2. The first-order valence-electron chi connectivity index (χ1n) is 8.50.